The van der Waals surface area contributed by atoms with Gasteiger partial charge in [0.05, 0.1) is 10.9 Å². The first-order valence-electron chi connectivity index (χ1n) is 7.50. The van der Waals surface area contributed by atoms with Crippen molar-refractivity contribution in [2.45, 2.75) is 39.7 Å². The van der Waals surface area contributed by atoms with Crippen LogP contribution in [0.25, 0.3) is 10.2 Å². The van der Waals surface area contributed by atoms with Crippen molar-refractivity contribution >= 4 is 33.4 Å². The summed E-state index contributed by atoms with van der Waals surface area (Å²) in [6.07, 6.45) is 2.12. The summed E-state index contributed by atoms with van der Waals surface area (Å²) in [5.74, 6) is -0.935. The predicted octanol–water partition coefficient (Wildman–Crippen LogP) is 1.63. The largest absolute Gasteiger partial charge is 0.478 e. The molecule has 2 aromatic rings. The van der Waals surface area contributed by atoms with E-state index in [1.165, 1.54) is 9.95 Å². The van der Waals surface area contributed by atoms with Gasteiger partial charge in [0, 0.05) is 18.3 Å². The number of thiophene rings is 1. The van der Waals surface area contributed by atoms with Gasteiger partial charge in [-0.05, 0) is 12.8 Å². The van der Waals surface area contributed by atoms with Crippen LogP contribution >= 0.6 is 11.3 Å². The lowest BCUT2D eigenvalue weighted by molar-refractivity contribution is -0.121. The number of carbonyl (C=O) groups excluding carboxylic acids is 1. The molecule has 0 fully saturated rings. The first-order chi connectivity index (χ1) is 11.0. The van der Waals surface area contributed by atoms with Crippen LogP contribution in [-0.4, -0.2) is 33.1 Å². The molecule has 0 radical (unpaired) electrons. The average molecular weight is 337 g/mol. The zero-order chi connectivity index (χ0) is 17.0. The van der Waals surface area contributed by atoms with E-state index in [4.69, 9.17) is 0 Å². The van der Waals surface area contributed by atoms with Crippen molar-refractivity contribution in [3.63, 3.8) is 0 Å². The van der Waals surface area contributed by atoms with Crippen LogP contribution < -0.4 is 10.9 Å². The van der Waals surface area contributed by atoms with E-state index in [9.17, 15) is 19.5 Å². The van der Waals surface area contributed by atoms with Crippen molar-refractivity contribution in [2.75, 3.05) is 6.54 Å². The average Bonchev–Trinajstić information content (AvgIpc) is 2.93. The molecule has 2 N–H and O–H groups in total. The minimum Gasteiger partial charge on any atom is -0.478 e. The summed E-state index contributed by atoms with van der Waals surface area (Å²) >= 11 is 1.13. The van der Waals surface area contributed by atoms with Crippen molar-refractivity contribution in [2.24, 2.45) is 0 Å². The van der Waals surface area contributed by atoms with Crippen LogP contribution in [-0.2, 0) is 17.8 Å². The first-order valence-corrected chi connectivity index (χ1v) is 8.38. The second kappa shape index (κ2) is 7.36. The number of aryl methyl sites for hydroxylation is 1. The maximum absolute atomic E-state index is 12.7. The highest BCUT2D eigenvalue weighted by atomic mass is 32.1. The maximum atomic E-state index is 12.7. The zero-order valence-electron chi connectivity index (χ0n) is 13.1. The number of hydrogen-bond acceptors (Lipinski definition) is 5. The van der Waals surface area contributed by atoms with E-state index in [0.717, 1.165) is 24.2 Å². The van der Waals surface area contributed by atoms with Crippen LogP contribution in [0.2, 0.25) is 0 Å². The summed E-state index contributed by atoms with van der Waals surface area (Å²) in [4.78, 5) is 40.7. The van der Waals surface area contributed by atoms with Crippen LogP contribution in [0.15, 0.2) is 10.2 Å². The Labute approximate surface area is 137 Å². The molecule has 124 valence electrons. The fourth-order valence-electron chi connectivity index (χ4n) is 2.27. The molecule has 0 unspecified atom stereocenters. The topological polar surface area (TPSA) is 101 Å². The third-order valence-electron chi connectivity index (χ3n) is 3.35. The Balaban J connectivity index is 2.55. The number of carbonyl (C=O) groups is 2. The van der Waals surface area contributed by atoms with Crippen LogP contribution in [0.1, 0.15) is 42.9 Å². The molecule has 8 heteroatoms. The first kappa shape index (κ1) is 17.1. The minimum absolute atomic E-state index is 0.0618. The molecule has 0 aliphatic carbocycles. The van der Waals surface area contributed by atoms with Crippen molar-refractivity contribution in [1.29, 1.82) is 0 Å². The normalized spacial score (nSPS) is 10.9. The summed E-state index contributed by atoms with van der Waals surface area (Å²) in [7, 11) is 0. The molecule has 0 saturated carbocycles. The van der Waals surface area contributed by atoms with E-state index >= 15 is 0 Å². The highest BCUT2D eigenvalue weighted by molar-refractivity contribution is 7.17. The molecule has 1 amide bonds. The Hall–Kier alpha value is -2.22. The van der Waals surface area contributed by atoms with E-state index in [1.807, 2.05) is 13.8 Å². The van der Waals surface area contributed by atoms with Crippen LogP contribution in [0.4, 0.5) is 0 Å². The van der Waals surface area contributed by atoms with Gasteiger partial charge in [-0.1, -0.05) is 13.8 Å². The molecule has 0 aliphatic rings. The minimum atomic E-state index is -1.17. The Kier molecular flexibility index (Phi) is 5.49. The molecule has 2 rings (SSSR count). The lowest BCUT2D eigenvalue weighted by Crippen LogP contribution is -2.35. The third-order valence-corrected chi connectivity index (χ3v) is 4.22. The Morgan fingerprint density at radius 1 is 1.35 bits per heavy atom. The Morgan fingerprint density at radius 2 is 2.09 bits per heavy atom. The molecular weight excluding hydrogens is 318 g/mol. The fourth-order valence-corrected chi connectivity index (χ4v) is 3.19. The van der Waals surface area contributed by atoms with Gasteiger partial charge in [-0.15, -0.1) is 11.3 Å². The molecule has 0 spiro atoms. The summed E-state index contributed by atoms with van der Waals surface area (Å²) in [5.41, 5.74) is -0.531. The van der Waals surface area contributed by atoms with Gasteiger partial charge in [-0.25, -0.2) is 9.78 Å². The van der Waals surface area contributed by atoms with Crippen molar-refractivity contribution in [1.82, 2.24) is 14.9 Å². The molecule has 0 atom stereocenters. The lowest BCUT2D eigenvalue weighted by Gasteiger charge is -2.12. The predicted molar refractivity (Wildman–Crippen MR) is 88.1 cm³/mol. The molecule has 23 heavy (non-hydrogen) atoms. The molecule has 0 aliphatic heterocycles. The van der Waals surface area contributed by atoms with Gasteiger partial charge in [0.25, 0.3) is 5.56 Å². The maximum Gasteiger partial charge on any atom is 0.337 e. The van der Waals surface area contributed by atoms with Gasteiger partial charge in [0.15, 0.2) is 0 Å². The molecule has 2 heterocycles. The monoisotopic (exact) mass is 337 g/mol. The number of rotatable bonds is 7. The van der Waals surface area contributed by atoms with Crippen LogP contribution in [0.5, 0.6) is 0 Å². The molecule has 7 nitrogen and oxygen atoms in total. The zero-order valence-corrected chi connectivity index (χ0v) is 13.9. The van der Waals surface area contributed by atoms with Gasteiger partial charge >= 0.3 is 5.97 Å². The molecule has 2 aromatic heterocycles. The van der Waals surface area contributed by atoms with Gasteiger partial charge in [0.2, 0.25) is 5.91 Å². The number of aromatic nitrogens is 2. The Bertz CT molecular complexity index is 794. The quantitative estimate of drug-likeness (QED) is 0.800. The summed E-state index contributed by atoms with van der Waals surface area (Å²) in [6.45, 7) is 4.28. The number of fused-ring (bicyclic) bond motifs is 1. The van der Waals surface area contributed by atoms with Crippen LogP contribution in [0.3, 0.4) is 0 Å². The number of amides is 1. The number of carboxylic acids is 1. The van der Waals surface area contributed by atoms with E-state index < -0.39 is 11.5 Å². The van der Waals surface area contributed by atoms with Gasteiger partial charge in [0.1, 0.15) is 17.2 Å². The number of nitrogens with zero attached hydrogens (tertiary/aromatic N) is 2. The SMILES string of the molecule is CCCNC(=O)Cn1c(CCC)nc2scc(C(=O)O)c2c1=O. The molecule has 0 bridgehead atoms. The number of aromatic carboxylic acids is 1. The number of carboxylic acid groups (broad SMARTS) is 1. The van der Waals surface area contributed by atoms with Gasteiger partial charge in [-0.3, -0.25) is 14.2 Å². The second-order valence-electron chi connectivity index (χ2n) is 5.15. The fraction of sp³-hybridized carbons (Fsp3) is 0.467. The summed E-state index contributed by atoms with van der Waals surface area (Å²) in [6, 6.07) is 0. The van der Waals surface area contributed by atoms with E-state index in [1.54, 1.807) is 0 Å². The lowest BCUT2D eigenvalue weighted by atomic mass is 10.2. The van der Waals surface area contributed by atoms with Crippen molar-refractivity contribution in [3.8, 4) is 0 Å². The number of hydrogen-bond donors (Lipinski definition) is 2. The van der Waals surface area contributed by atoms with Crippen molar-refractivity contribution < 1.29 is 14.7 Å². The molecule has 0 aromatic carbocycles. The van der Waals surface area contributed by atoms with Gasteiger partial charge < -0.3 is 10.4 Å². The molecule has 0 saturated heterocycles. The summed E-state index contributed by atoms with van der Waals surface area (Å²) in [5, 5.41) is 13.4. The van der Waals surface area contributed by atoms with Crippen molar-refractivity contribution in [3.05, 3.63) is 27.1 Å². The second-order valence-corrected chi connectivity index (χ2v) is 6.01. The van der Waals surface area contributed by atoms with Gasteiger partial charge in [-0.2, -0.15) is 0 Å². The summed E-state index contributed by atoms with van der Waals surface area (Å²) < 4.78 is 1.29. The van der Waals surface area contributed by atoms with Crippen LogP contribution in [0, 0.1) is 0 Å². The van der Waals surface area contributed by atoms with E-state index in [2.05, 4.69) is 10.3 Å². The van der Waals surface area contributed by atoms with E-state index in [0.29, 0.717) is 23.6 Å². The highest BCUT2D eigenvalue weighted by Crippen LogP contribution is 2.22. The molecular formula is C15H19N3O4S. The number of nitrogens with one attached hydrogen (secondary N) is 1. The smallest absolute Gasteiger partial charge is 0.337 e. The third kappa shape index (κ3) is 3.58. The Morgan fingerprint density at radius 3 is 2.70 bits per heavy atom. The highest BCUT2D eigenvalue weighted by Gasteiger charge is 2.20. The standard InChI is InChI=1S/C15H19N3O4S/c1-3-5-10-17-13-12(9(8-23-13)15(21)22)14(20)18(10)7-11(19)16-6-4-2/h8H,3-7H2,1-2H3,(H,16,19)(H,21,22). The van der Waals surface area contributed by atoms with E-state index in [-0.39, 0.29) is 23.4 Å².